The number of rotatable bonds is 8. The number of pyridine rings is 2. The molecule has 5 aromatic rings. The first kappa shape index (κ1) is 21.7. The Balaban J connectivity index is 1.34. The van der Waals surface area contributed by atoms with Crippen molar-refractivity contribution in [3.8, 4) is 0 Å². The van der Waals surface area contributed by atoms with Gasteiger partial charge in [0.1, 0.15) is 11.5 Å². The second-order valence-electron chi connectivity index (χ2n) is 8.46. The van der Waals surface area contributed by atoms with E-state index in [1.165, 1.54) is 16.5 Å². The molecule has 4 aromatic heterocycles. The highest BCUT2D eigenvalue weighted by atomic mass is 16.1. The number of fused-ring (bicyclic) bond motifs is 2. The molecule has 0 aliphatic rings. The van der Waals surface area contributed by atoms with Crippen molar-refractivity contribution in [2.45, 2.75) is 26.3 Å². The Labute approximate surface area is 198 Å². The zero-order valence-electron chi connectivity index (χ0n) is 19.5. The summed E-state index contributed by atoms with van der Waals surface area (Å²) < 4.78 is 2.02. The van der Waals surface area contributed by atoms with E-state index in [0.717, 1.165) is 42.1 Å². The van der Waals surface area contributed by atoms with Gasteiger partial charge in [0.05, 0.1) is 11.3 Å². The van der Waals surface area contributed by atoms with Crippen LogP contribution >= 0.6 is 0 Å². The van der Waals surface area contributed by atoms with Crippen molar-refractivity contribution in [1.82, 2.24) is 24.7 Å². The molecule has 5 rings (SSSR count). The van der Waals surface area contributed by atoms with Crippen molar-refractivity contribution in [2.75, 3.05) is 18.5 Å². The molecule has 0 aliphatic heterocycles. The summed E-state index contributed by atoms with van der Waals surface area (Å²) in [5.41, 5.74) is 5.95. The summed E-state index contributed by atoms with van der Waals surface area (Å²) in [4.78, 5) is 27.3. The number of hydrogen-bond acceptors (Lipinski definition) is 4. The van der Waals surface area contributed by atoms with E-state index in [2.05, 4.69) is 46.3 Å². The van der Waals surface area contributed by atoms with Gasteiger partial charge in [0.15, 0.2) is 0 Å². The number of aromatic nitrogens is 4. The van der Waals surface area contributed by atoms with Gasteiger partial charge in [-0.1, -0.05) is 25.1 Å². The molecule has 1 aromatic carbocycles. The summed E-state index contributed by atoms with van der Waals surface area (Å²) in [5, 5.41) is 4.27. The van der Waals surface area contributed by atoms with Crippen LogP contribution in [0.2, 0.25) is 0 Å². The number of nitrogens with zero attached hydrogens (tertiary/aromatic N) is 4. The lowest BCUT2D eigenvalue weighted by Crippen LogP contribution is -2.26. The monoisotopic (exact) mass is 452 g/mol. The van der Waals surface area contributed by atoms with Crippen molar-refractivity contribution in [2.24, 2.45) is 0 Å². The van der Waals surface area contributed by atoms with E-state index in [0.29, 0.717) is 12.1 Å². The lowest BCUT2D eigenvalue weighted by molar-refractivity contribution is 0.0953. The standard InChI is InChI=1S/C27H28N6O/c1-3-23-27(32(2)17-19-10-13-28-14-11-19)33-18-21(8-9-25(33)31-23)26(34)29-15-12-20-16-30-24-7-5-4-6-22(20)24/h4-11,13-14,16,18,30H,3,12,15,17H2,1-2H3,(H,29,34). The highest BCUT2D eigenvalue weighted by Crippen LogP contribution is 2.24. The lowest BCUT2D eigenvalue weighted by Gasteiger charge is -2.20. The Bertz CT molecular complexity index is 1440. The normalized spacial score (nSPS) is 11.2. The number of benzene rings is 1. The van der Waals surface area contributed by atoms with Crippen LogP contribution in [0.5, 0.6) is 0 Å². The van der Waals surface area contributed by atoms with Gasteiger partial charge >= 0.3 is 0 Å². The van der Waals surface area contributed by atoms with Crippen LogP contribution in [0.25, 0.3) is 16.6 Å². The number of aryl methyl sites for hydroxylation is 1. The molecular weight excluding hydrogens is 424 g/mol. The molecular formula is C27H28N6O. The van der Waals surface area contributed by atoms with Crippen LogP contribution in [-0.4, -0.2) is 38.9 Å². The fourth-order valence-corrected chi connectivity index (χ4v) is 4.44. The number of carbonyl (C=O) groups excluding carboxylic acids is 1. The first-order valence-corrected chi connectivity index (χ1v) is 11.6. The number of nitrogens with one attached hydrogen (secondary N) is 2. The summed E-state index contributed by atoms with van der Waals surface area (Å²) in [7, 11) is 2.05. The molecule has 172 valence electrons. The van der Waals surface area contributed by atoms with Crippen LogP contribution in [0.1, 0.15) is 34.1 Å². The third-order valence-corrected chi connectivity index (χ3v) is 6.15. The van der Waals surface area contributed by atoms with Crippen molar-refractivity contribution < 1.29 is 4.79 Å². The van der Waals surface area contributed by atoms with E-state index in [-0.39, 0.29) is 5.91 Å². The van der Waals surface area contributed by atoms with Crippen LogP contribution < -0.4 is 10.2 Å². The van der Waals surface area contributed by atoms with Gasteiger partial charge in [-0.3, -0.25) is 14.2 Å². The minimum Gasteiger partial charge on any atom is -0.361 e. The SMILES string of the molecule is CCc1nc2ccc(C(=O)NCCc3c[nH]c4ccccc34)cn2c1N(C)Cc1ccncc1. The number of aromatic amines is 1. The predicted molar refractivity (Wildman–Crippen MR) is 135 cm³/mol. The van der Waals surface area contributed by atoms with Crippen molar-refractivity contribution in [3.63, 3.8) is 0 Å². The quantitative estimate of drug-likeness (QED) is 0.366. The van der Waals surface area contributed by atoms with Gasteiger partial charge in [0, 0.05) is 55.8 Å². The van der Waals surface area contributed by atoms with E-state index in [1.807, 2.05) is 53.2 Å². The highest BCUT2D eigenvalue weighted by Gasteiger charge is 2.17. The number of imidazole rings is 1. The molecule has 0 saturated heterocycles. The number of hydrogen-bond donors (Lipinski definition) is 2. The molecule has 34 heavy (non-hydrogen) atoms. The second kappa shape index (κ2) is 9.39. The molecule has 0 bridgehead atoms. The molecule has 0 radical (unpaired) electrons. The number of amides is 1. The average molecular weight is 453 g/mol. The molecule has 0 aliphatic carbocycles. The Morgan fingerprint density at radius 1 is 1.12 bits per heavy atom. The fraction of sp³-hybridized carbons (Fsp3) is 0.222. The van der Waals surface area contributed by atoms with E-state index in [9.17, 15) is 4.79 Å². The highest BCUT2D eigenvalue weighted by molar-refractivity contribution is 5.94. The van der Waals surface area contributed by atoms with Crippen LogP contribution in [0.15, 0.2) is 73.3 Å². The Hall–Kier alpha value is -4.13. The summed E-state index contributed by atoms with van der Waals surface area (Å²) in [6.45, 7) is 3.39. The topological polar surface area (TPSA) is 78.3 Å². The van der Waals surface area contributed by atoms with Gasteiger partial charge in [0.2, 0.25) is 0 Å². The van der Waals surface area contributed by atoms with E-state index in [1.54, 1.807) is 12.4 Å². The minimum absolute atomic E-state index is 0.0868. The molecule has 0 spiro atoms. The number of anilines is 1. The summed E-state index contributed by atoms with van der Waals surface area (Å²) in [6, 6.07) is 16.0. The summed E-state index contributed by atoms with van der Waals surface area (Å²) in [5.74, 6) is 0.916. The maximum absolute atomic E-state index is 13.0. The lowest BCUT2D eigenvalue weighted by atomic mass is 10.1. The smallest absolute Gasteiger partial charge is 0.252 e. The minimum atomic E-state index is -0.0868. The second-order valence-corrected chi connectivity index (χ2v) is 8.46. The molecule has 0 fully saturated rings. The van der Waals surface area contributed by atoms with Crippen LogP contribution in [0.3, 0.4) is 0 Å². The van der Waals surface area contributed by atoms with Crippen molar-refractivity contribution in [3.05, 3.63) is 95.7 Å². The van der Waals surface area contributed by atoms with Crippen LogP contribution in [-0.2, 0) is 19.4 Å². The van der Waals surface area contributed by atoms with Crippen molar-refractivity contribution in [1.29, 1.82) is 0 Å². The summed E-state index contributed by atoms with van der Waals surface area (Å²) >= 11 is 0. The summed E-state index contributed by atoms with van der Waals surface area (Å²) in [6.07, 6.45) is 9.09. The molecule has 0 unspecified atom stereocenters. The van der Waals surface area contributed by atoms with E-state index >= 15 is 0 Å². The molecule has 0 saturated carbocycles. The van der Waals surface area contributed by atoms with Crippen LogP contribution in [0, 0.1) is 0 Å². The fourth-order valence-electron chi connectivity index (χ4n) is 4.44. The number of H-pyrrole nitrogens is 1. The molecule has 0 atom stereocenters. The van der Waals surface area contributed by atoms with E-state index in [4.69, 9.17) is 4.98 Å². The number of para-hydroxylation sites is 1. The average Bonchev–Trinajstić information content (AvgIpc) is 3.45. The predicted octanol–water partition coefficient (Wildman–Crippen LogP) is 4.38. The first-order valence-electron chi connectivity index (χ1n) is 11.6. The largest absolute Gasteiger partial charge is 0.361 e. The zero-order valence-corrected chi connectivity index (χ0v) is 19.5. The maximum atomic E-state index is 13.0. The third-order valence-electron chi connectivity index (χ3n) is 6.15. The van der Waals surface area contributed by atoms with Gasteiger partial charge in [0.25, 0.3) is 5.91 Å². The van der Waals surface area contributed by atoms with Gasteiger partial charge in [-0.15, -0.1) is 0 Å². The van der Waals surface area contributed by atoms with Gasteiger partial charge < -0.3 is 15.2 Å². The molecule has 4 heterocycles. The van der Waals surface area contributed by atoms with Crippen LogP contribution in [0.4, 0.5) is 5.82 Å². The van der Waals surface area contributed by atoms with E-state index < -0.39 is 0 Å². The number of carbonyl (C=O) groups is 1. The molecule has 2 N–H and O–H groups in total. The molecule has 7 nitrogen and oxygen atoms in total. The zero-order chi connectivity index (χ0) is 23.5. The Kier molecular flexibility index (Phi) is 5.99. The Morgan fingerprint density at radius 3 is 2.76 bits per heavy atom. The first-order chi connectivity index (χ1) is 16.6. The van der Waals surface area contributed by atoms with Gasteiger partial charge in [-0.05, 0) is 54.3 Å². The van der Waals surface area contributed by atoms with Crippen molar-refractivity contribution >= 4 is 28.3 Å². The van der Waals surface area contributed by atoms with Gasteiger partial charge in [-0.25, -0.2) is 4.98 Å². The Morgan fingerprint density at radius 2 is 1.94 bits per heavy atom. The van der Waals surface area contributed by atoms with Gasteiger partial charge in [-0.2, -0.15) is 0 Å². The maximum Gasteiger partial charge on any atom is 0.252 e. The third kappa shape index (κ3) is 4.24. The molecule has 7 heteroatoms. The molecule has 1 amide bonds.